The zero-order valence-electron chi connectivity index (χ0n) is 17.4. The number of rotatable bonds is 8. The lowest BCUT2D eigenvalue weighted by Crippen LogP contribution is -2.49. The van der Waals surface area contributed by atoms with Gasteiger partial charge >= 0.3 is 0 Å². The molecule has 4 nitrogen and oxygen atoms in total. The van der Waals surface area contributed by atoms with Crippen LogP contribution in [0.3, 0.4) is 0 Å². The number of benzene rings is 2. The molecule has 0 spiro atoms. The van der Waals surface area contributed by atoms with Gasteiger partial charge in [0.2, 0.25) is 11.8 Å². The Balaban J connectivity index is 2.34. The first-order valence-electron chi connectivity index (χ1n) is 9.84. The van der Waals surface area contributed by atoms with Crippen molar-refractivity contribution in [2.75, 3.05) is 6.54 Å². The normalized spacial score (nSPS) is 11.8. The monoisotopic (exact) mass is 434 g/mol. The molecule has 1 atom stereocenters. The minimum absolute atomic E-state index is 0.114. The lowest BCUT2D eigenvalue weighted by Gasteiger charge is -2.31. The summed E-state index contributed by atoms with van der Waals surface area (Å²) in [4.78, 5) is 27.5. The van der Waals surface area contributed by atoms with Crippen LogP contribution in [0.1, 0.15) is 42.5 Å². The van der Waals surface area contributed by atoms with Crippen LogP contribution in [0, 0.1) is 13.8 Å². The maximum atomic E-state index is 13.3. The van der Waals surface area contributed by atoms with E-state index in [0.29, 0.717) is 23.0 Å². The Morgan fingerprint density at radius 1 is 1.03 bits per heavy atom. The van der Waals surface area contributed by atoms with Gasteiger partial charge in [-0.15, -0.1) is 0 Å². The zero-order chi connectivity index (χ0) is 21.6. The highest BCUT2D eigenvalue weighted by molar-refractivity contribution is 6.35. The van der Waals surface area contributed by atoms with Gasteiger partial charge in [-0.05, 0) is 61.6 Å². The van der Waals surface area contributed by atoms with Crippen LogP contribution in [0.2, 0.25) is 10.0 Å². The molecule has 0 aliphatic carbocycles. The minimum Gasteiger partial charge on any atom is -0.355 e. The third-order valence-electron chi connectivity index (χ3n) is 5.02. The number of likely N-dealkylation sites (N-methyl/N-ethyl adjacent to an activating group) is 1. The molecule has 2 rings (SSSR count). The van der Waals surface area contributed by atoms with E-state index in [-0.39, 0.29) is 24.8 Å². The average molecular weight is 435 g/mol. The lowest BCUT2D eigenvalue weighted by atomic mass is 10.0. The zero-order valence-corrected chi connectivity index (χ0v) is 18.9. The van der Waals surface area contributed by atoms with Crippen molar-refractivity contribution >= 4 is 35.0 Å². The molecule has 156 valence electrons. The number of hydrogen-bond donors (Lipinski definition) is 1. The van der Waals surface area contributed by atoms with Crippen LogP contribution >= 0.6 is 23.2 Å². The first-order valence-corrected chi connectivity index (χ1v) is 10.6. The second-order valence-electron chi connectivity index (χ2n) is 7.17. The third-order valence-corrected chi connectivity index (χ3v) is 5.61. The molecule has 0 heterocycles. The number of hydrogen-bond acceptors (Lipinski definition) is 2. The summed E-state index contributed by atoms with van der Waals surface area (Å²) in [5.74, 6) is -0.272. The largest absolute Gasteiger partial charge is 0.355 e. The third kappa shape index (κ3) is 6.22. The van der Waals surface area contributed by atoms with Gasteiger partial charge in [0.1, 0.15) is 6.04 Å². The number of aryl methyl sites for hydroxylation is 2. The fourth-order valence-electron chi connectivity index (χ4n) is 3.23. The number of halogens is 2. The summed E-state index contributed by atoms with van der Waals surface area (Å²) in [7, 11) is 0. The molecular weight excluding hydrogens is 407 g/mol. The van der Waals surface area contributed by atoms with Gasteiger partial charge in [-0.1, -0.05) is 54.4 Å². The van der Waals surface area contributed by atoms with Crippen molar-refractivity contribution in [2.45, 2.75) is 53.1 Å². The summed E-state index contributed by atoms with van der Waals surface area (Å²) in [5, 5.41) is 3.84. The topological polar surface area (TPSA) is 49.4 Å². The molecule has 0 saturated heterocycles. The second kappa shape index (κ2) is 10.7. The fourth-order valence-corrected chi connectivity index (χ4v) is 3.70. The maximum absolute atomic E-state index is 13.3. The molecule has 0 saturated carbocycles. The van der Waals surface area contributed by atoms with E-state index in [4.69, 9.17) is 23.2 Å². The summed E-state index contributed by atoms with van der Waals surface area (Å²) in [6.45, 7) is 8.59. The smallest absolute Gasteiger partial charge is 0.242 e. The molecule has 0 radical (unpaired) electrons. The highest BCUT2D eigenvalue weighted by Crippen LogP contribution is 2.24. The Hall–Kier alpha value is -2.04. The first-order chi connectivity index (χ1) is 13.8. The summed E-state index contributed by atoms with van der Waals surface area (Å²) in [6.07, 6.45) is 0.734. The Bertz CT molecular complexity index is 883. The Morgan fingerprint density at radius 3 is 2.34 bits per heavy atom. The van der Waals surface area contributed by atoms with Crippen molar-refractivity contribution in [3.63, 3.8) is 0 Å². The standard InChI is InChI=1S/C23H28Cl2N2O2/c1-5-21(23(29)26-6-2)27(14-18-9-10-19(24)13-20(18)25)22(28)12-17-8-7-15(3)16(4)11-17/h7-11,13,21H,5-6,12,14H2,1-4H3,(H,26,29)/t21-/m1/s1. The second-order valence-corrected chi connectivity index (χ2v) is 8.02. The van der Waals surface area contributed by atoms with Gasteiger partial charge in [0.25, 0.3) is 0 Å². The number of carbonyl (C=O) groups is 2. The van der Waals surface area contributed by atoms with Crippen LogP contribution in [0.5, 0.6) is 0 Å². The fraction of sp³-hybridized carbons (Fsp3) is 0.391. The van der Waals surface area contributed by atoms with Gasteiger partial charge in [-0.2, -0.15) is 0 Å². The van der Waals surface area contributed by atoms with Gasteiger partial charge in [0, 0.05) is 23.1 Å². The van der Waals surface area contributed by atoms with Crippen LogP contribution in [0.25, 0.3) is 0 Å². The summed E-state index contributed by atoms with van der Waals surface area (Å²) >= 11 is 12.3. The van der Waals surface area contributed by atoms with E-state index in [0.717, 1.165) is 16.7 Å². The molecule has 2 aromatic rings. The van der Waals surface area contributed by atoms with Crippen LogP contribution in [-0.2, 0) is 22.6 Å². The van der Waals surface area contributed by atoms with Crippen molar-refractivity contribution in [3.8, 4) is 0 Å². The number of amides is 2. The van der Waals surface area contributed by atoms with Crippen LogP contribution < -0.4 is 5.32 Å². The average Bonchev–Trinajstić information content (AvgIpc) is 2.66. The molecule has 2 amide bonds. The molecule has 6 heteroatoms. The van der Waals surface area contributed by atoms with Gasteiger partial charge in [0.05, 0.1) is 6.42 Å². The van der Waals surface area contributed by atoms with Crippen molar-refractivity contribution < 1.29 is 9.59 Å². The van der Waals surface area contributed by atoms with E-state index < -0.39 is 6.04 Å². The van der Waals surface area contributed by atoms with E-state index >= 15 is 0 Å². The van der Waals surface area contributed by atoms with Crippen LogP contribution in [-0.4, -0.2) is 29.3 Å². The summed E-state index contributed by atoms with van der Waals surface area (Å²) < 4.78 is 0. The van der Waals surface area contributed by atoms with E-state index in [2.05, 4.69) is 5.32 Å². The lowest BCUT2D eigenvalue weighted by molar-refractivity contribution is -0.140. The van der Waals surface area contributed by atoms with Crippen molar-refractivity contribution in [1.82, 2.24) is 10.2 Å². The number of nitrogens with one attached hydrogen (secondary N) is 1. The van der Waals surface area contributed by atoms with Crippen molar-refractivity contribution in [2.24, 2.45) is 0 Å². The molecule has 1 N–H and O–H groups in total. The molecule has 29 heavy (non-hydrogen) atoms. The molecule has 0 aromatic heterocycles. The SMILES string of the molecule is CCNC(=O)[C@@H](CC)N(Cc1ccc(Cl)cc1Cl)C(=O)Cc1ccc(C)c(C)c1. The van der Waals surface area contributed by atoms with Gasteiger partial charge in [0.15, 0.2) is 0 Å². The molecule has 0 fully saturated rings. The Labute approximate surface area is 183 Å². The van der Waals surface area contributed by atoms with Crippen molar-refractivity contribution in [1.29, 1.82) is 0 Å². The predicted molar refractivity (Wildman–Crippen MR) is 119 cm³/mol. The van der Waals surface area contributed by atoms with E-state index in [9.17, 15) is 9.59 Å². The maximum Gasteiger partial charge on any atom is 0.242 e. The highest BCUT2D eigenvalue weighted by Gasteiger charge is 2.28. The molecule has 0 bridgehead atoms. The minimum atomic E-state index is -0.569. The number of carbonyl (C=O) groups excluding carboxylic acids is 2. The summed E-state index contributed by atoms with van der Waals surface area (Å²) in [5.41, 5.74) is 4.00. The van der Waals surface area contributed by atoms with Crippen molar-refractivity contribution in [3.05, 3.63) is 68.7 Å². The highest BCUT2D eigenvalue weighted by atomic mass is 35.5. The van der Waals surface area contributed by atoms with Gasteiger partial charge in [-0.25, -0.2) is 0 Å². The van der Waals surface area contributed by atoms with Crippen LogP contribution in [0.4, 0.5) is 0 Å². The summed E-state index contributed by atoms with van der Waals surface area (Å²) in [6, 6.07) is 10.6. The molecule has 0 unspecified atom stereocenters. The number of nitrogens with zero attached hydrogens (tertiary/aromatic N) is 1. The molecule has 0 aliphatic heterocycles. The van der Waals surface area contributed by atoms with E-state index in [1.165, 1.54) is 5.56 Å². The molecule has 0 aliphatic rings. The molecule has 2 aromatic carbocycles. The van der Waals surface area contributed by atoms with E-state index in [1.807, 2.05) is 45.9 Å². The van der Waals surface area contributed by atoms with E-state index in [1.54, 1.807) is 23.1 Å². The first kappa shape index (κ1) is 23.2. The van der Waals surface area contributed by atoms with Crippen LogP contribution in [0.15, 0.2) is 36.4 Å². The quantitative estimate of drug-likeness (QED) is 0.628. The Kier molecular flexibility index (Phi) is 8.54. The van der Waals surface area contributed by atoms with Gasteiger partial charge in [-0.3, -0.25) is 9.59 Å². The predicted octanol–water partition coefficient (Wildman–Crippen LogP) is 5.10. The molecular formula is C23H28Cl2N2O2. The Morgan fingerprint density at radius 2 is 1.76 bits per heavy atom. The van der Waals surface area contributed by atoms with Gasteiger partial charge < -0.3 is 10.2 Å².